The van der Waals surface area contributed by atoms with E-state index in [4.69, 9.17) is 5.73 Å². The fraction of sp³-hybridized carbons (Fsp3) is 0.516. The van der Waals surface area contributed by atoms with Gasteiger partial charge in [-0.1, -0.05) is 56.3 Å². The van der Waals surface area contributed by atoms with Crippen molar-refractivity contribution in [1.29, 1.82) is 0 Å². The third kappa shape index (κ3) is 10.5. The molecule has 1 aliphatic rings. The van der Waals surface area contributed by atoms with Gasteiger partial charge in [0.15, 0.2) is 0 Å². The Morgan fingerprint density at radius 3 is 2.32 bits per heavy atom. The van der Waals surface area contributed by atoms with Gasteiger partial charge in [-0.3, -0.25) is 24.0 Å². The molecular formula is C31H45ClN6O6. The summed E-state index contributed by atoms with van der Waals surface area (Å²) < 4.78 is 0. The van der Waals surface area contributed by atoms with Crippen molar-refractivity contribution in [2.75, 3.05) is 32.7 Å². The topological polar surface area (TPSA) is 183 Å². The highest BCUT2D eigenvalue weighted by Crippen LogP contribution is 2.23. The van der Waals surface area contributed by atoms with Crippen LogP contribution in [-0.4, -0.2) is 90.5 Å². The van der Waals surface area contributed by atoms with Gasteiger partial charge in [-0.05, 0) is 42.0 Å². The zero-order chi connectivity index (χ0) is 31.4. The Kier molecular flexibility index (Phi) is 15.0. The van der Waals surface area contributed by atoms with Gasteiger partial charge < -0.3 is 37.0 Å². The number of aliphatic hydroxyl groups excluding tert-OH is 1. The van der Waals surface area contributed by atoms with Crippen LogP contribution in [0.2, 0.25) is 0 Å². The monoisotopic (exact) mass is 632 g/mol. The van der Waals surface area contributed by atoms with E-state index in [9.17, 15) is 29.1 Å². The number of carbonyl (C=O) groups excluding carboxylic acids is 5. The number of fused-ring (bicyclic) bond motifs is 1. The minimum atomic E-state index is -1.11. The first-order chi connectivity index (χ1) is 20.7. The standard InChI is InChI=1S/C31H44N6O6.ClH/c1-3-21(4-2)31(43)37-13-7-10-26(37)30(42)36-25(15-20-11-12-22-8-5-6-9-23(22)14-20)29(41)35-18-24(38)17-33-28(40)19-34-27(39)16-32;/h5-6,8-9,11-12,14,21,24-26,38H,3-4,7,10,13,15-19,32H2,1-2H3,(H,33,40)(H,34,39)(H,35,41)(H,36,42);1H/t24?,25-,26?;/m1./s1. The summed E-state index contributed by atoms with van der Waals surface area (Å²) >= 11 is 0. The normalized spacial score (nSPS) is 15.7. The number of nitrogens with one attached hydrogen (secondary N) is 4. The molecule has 1 heterocycles. The summed E-state index contributed by atoms with van der Waals surface area (Å²) in [5, 5.41) is 22.7. The molecular weight excluding hydrogens is 588 g/mol. The van der Waals surface area contributed by atoms with Gasteiger partial charge >= 0.3 is 0 Å². The molecule has 0 saturated carbocycles. The van der Waals surface area contributed by atoms with Crippen molar-refractivity contribution in [3.8, 4) is 0 Å². The highest BCUT2D eigenvalue weighted by Gasteiger charge is 2.37. The lowest BCUT2D eigenvalue weighted by molar-refractivity contribution is -0.142. The van der Waals surface area contributed by atoms with E-state index in [1.165, 1.54) is 0 Å². The fourth-order valence-corrected chi connectivity index (χ4v) is 5.21. The van der Waals surface area contributed by atoms with Crippen LogP contribution in [0.5, 0.6) is 0 Å². The highest BCUT2D eigenvalue weighted by atomic mass is 35.5. The summed E-state index contributed by atoms with van der Waals surface area (Å²) in [5.41, 5.74) is 6.02. The maximum Gasteiger partial charge on any atom is 0.243 e. The Morgan fingerprint density at radius 1 is 0.955 bits per heavy atom. The van der Waals surface area contributed by atoms with Crippen LogP contribution in [0.4, 0.5) is 0 Å². The molecule has 0 bridgehead atoms. The molecule has 13 heteroatoms. The van der Waals surface area contributed by atoms with Gasteiger partial charge in [0.25, 0.3) is 0 Å². The van der Waals surface area contributed by atoms with Gasteiger partial charge in [0.1, 0.15) is 12.1 Å². The number of nitrogens with two attached hydrogens (primary N) is 1. The predicted octanol–water partition coefficient (Wildman–Crippen LogP) is 0.384. The quantitative estimate of drug-likeness (QED) is 0.164. The van der Waals surface area contributed by atoms with Gasteiger partial charge in [-0.15, -0.1) is 12.4 Å². The van der Waals surface area contributed by atoms with E-state index in [1.807, 2.05) is 56.3 Å². The number of benzene rings is 2. The molecule has 1 saturated heterocycles. The van der Waals surface area contributed by atoms with E-state index in [2.05, 4.69) is 21.3 Å². The van der Waals surface area contributed by atoms with Crippen molar-refractivity contribution >= 4 is 52.7 Å². The molecule has 0 spiro atoms. The number of rotatable bonds is 15. The summed E-state index contributed by atoms with van der Waals surface area (Å²) in [6, 6.07) is 12.0. The van der Waals surface area contributed by atoms with Crippen LogP contribution in [0.1, 0.15) is 45.1 Å². The number of hydrogen-bond acceptors (Lipinski definition) is 7. The molecule has 5 amide bonds. The molecule has 0 aliphatic carbocycles. The summed E-state index contributed by atoms with van der Waals surface area (Å²) in [6.45, 7) is 3.55. The Balaban J connectivity index is 0.00000675. The van der Waals surface area contributed by atoms with Crippen molar-refractivity contribution in [3.63, 3.8) is 0 Å². The Labute approximate surface area is 264 Å². The summed E-state index contributed by atoms with van der Waals surface area (Å²) in [4.78, 5) is 64.7. The van der Waals surface area contributed by atoms with Crippen molar-refractivity contribution in [1.82, 2.24) is 26.2 Å². The van der Waals surface area contributed by atoms with Crippen molar-refractivity contribution in [2.24, 2.45) is 11.7 Å². The molecule has 3 rings (SSSR count). The molecule has 1 aliphatic heterocycles. The fourth-order valence-electron chi connectivity index (χ4n) is 5.21. The Hall–Kier alpha value is -3.74. The lowest BCUT2D eigenvalue weighted by Gasteiger charge is -2.29. The molecule has 2 aromatic carbocycles. The van der Waals surface area contributed by atoms with E-state index in [0.29, 0.717) is 32.2 Å². The largest absolute Gasteiger partial charge is 0.389 e. The van der Waals surface area contributed by atoms with Crippen LogP contribution >= 0.6 is 12.4 Å². The van der Waals surface area contributed by atoms with Crippen LogP contribution in [-0.2, 0) is 30.4 Å². The first-order valence-corrected chi connectivity index (χ1v) is 14.9. The first kappa shape index (κ1) is 36.5. The van der Waals surface area contributed by atoms with Gasteiger partial charge in [0, 0.05) is 32.0 Å². The Morgan fingerprint density at radius 2 is 1.64 bits per heavy atom. The zero-order valence-electron chi connectivity index (χ0n) is 25.3. The van der Waals surface area contributed by atoms with Crippen LogP contribution in [0.25, 0.3) is 10.8 Å². The Bertz CT molecular complexity index is 1290. The molecule has 7 N–H and O–H groups in total. The molecule has 1 fully saturated rings. The highest BCUT2D eigenvalue weighted by molar-refractivity contribution is 5.93. The third-order valence-corrected chi connectivity index (χ3v) is 7.74. The number of aliphatic hydroxyl groups is 1. The van der Waals surface area contributed by atoms with Crippen LogP contribution in [0.15, 0.2) is 42.5 Å². The van der Waals surface area contributed by atoms with Crippen molar-refractivity contribution in [3.05, 3.63) is 48.0 Å². The smallest absolute Gasteiger partial charge is 0.243 e. The molecule has 44 heavy (non-hydrogen) atoms. The molecule has 0 radical (unpaired) electrons. The first-order valence-electron chi connectivity index (χ1n) is 14.9. The second-order valence-electron chi connectivity index (χ2n) is 10.8. The number of amides is 5. The molecule has 0 aromatic heterocycles. The zero-order valence-corrected chi connectivity index (χ0v) is 26.2. The van der Waals surface area contributed by atoms with Gasteiger partial charge in [0.05, 0.1) is 19.2 Å². The van der Waals surface area contributed by atoms with Gasteiger partial charge in [-0.25, -0.2) is 0 Å². The maximum absolute atomic E-state index is 13.5. The molecule has 2 aromatic rings. The van der Waals surface area contributed by atoms with Gasteiger partial charge in [0.2, 0.25) is 29.5 Å². The lowest BCUT2D eigenvalue weighted by atomic mass is 10.00. The number of halogens is 1. The second-order valence-corrected chi connectivity index (χ2v) is 10.8. The minimum absolute atomic E-state index is 0. The predicted molar refractivity (Wildman–Crippen MR) is 170 cm³/mol. The van der Waals surface area contributed by atoms with E-state index >= 15 is 0 Å². The summed E-state index contributed by atoms with van der Waals surface area (Å²) in [5.74, 6) is -2.07. The molecule has 242 valence electrons. The summed E-state index contributed by atoms with van der Waals surface area (Å²) in [7, 11) is 0. The van der Waals surface area contributed by atoms with E-state index in [1.54, 1.807) is 4.90 Å². The van der Waals surface area contributed by atoms with E-state index in [-0.39, 0.29) is 62.7 Å². The lowest BCUT2D eigenvalue weighted by Crippen LogP contribution is -2.55. The number of carbonyl (C=O) groups is 5. The van der Waals surface area contributed by atoms with Crippen molar-refractivity contribution < 1.29 is 29.1 Å². The minimum Gasteiger partial charge on any atom is -0.389 e. The SMILES string of the molecule is CCC(CC)C(=O)N1CCCC1C(=O)N[C@H](Cc1ccc2ccccc2c1)C(=O)NCC(O)CNC(=O)CNC(=O)CN.Cl. The molecule has 12 nitrogen and oxygen atoms in total. The van der Waals surface area contributed by atoms with E-state index in [0.717, 1.165) is 16.3 Å². The number of hydrogen-bond donors (Lipinski definition) is 6. The van der Waals surface area contributed by atoms with Gasteiger partial charge in [-0.2, -0.15) is 0 Å². The summed E-state index contributed by atoms with van der Waals surface area (Å²) in [6.07, 6.45) is 1.70. The van der Waals surface area contributed by atoms with Crippen LogP contribution in [0.3, 0.4) is 0 Å². The molecule has 2 unspecified atom stereocenters. The second kappa shape index (κ2) is 18.2. The average molecular weight is 633 g/mol. The molecule has 3 atom stereocenters. The third-order valence-electron chi connectivity index (χ3n) is 7.74. The maximum atomic E-state index is 13.5. The number of likely N-dealkylation sites (tertiary alicyclic amines) is 1. The van der Waals surface area contributed by atoms with Crippen LogP contribution in [0, 0.1) is 5.92 Å². The van der Waals surface area contributed by atoms with Crippen molar-refractivity contribution in [2.45, 2.75) is 64.1 Å². The number of nitrogens with zero attached hydrogens (tertiary/aromatic N) is 1. The van der Waals surface area contributed by atoms with E-state index < -0.39 is 35.9 Å². The van der Waals surface area contributed by atoms with Crippen LogP contribution < -0.4 is 27.0 Å². The average Bonchev–Trinajstić information content (AvgIpc) is 3.52.